The molecule has 2 rings (SSSR count). The average Bonchev–Trinajstić information content (AvgIpc) is 2.84. The van der Waals surface area contributed by atoms with Gasteiger partial charge < -0.3 is 5.32 Å². The first-order valence-electron chi connectivity index (χ1n) is 12.2. The molecule has 0 aromatic heterocycles. The van der Waals surface area contributed by atoms with Gasteiger partial charge in [0.05, 0.1) is 0 Å². The molecule has 2 heterocycles. The van der Waals surface area contributed by atoms with Crippen molar-refractivity contribution in [2.75, 3.05) is 7.05 Å². The molecule has 1 spiro atoms. The number of piperidine rings is 1. The quantitative estimate of drug-likeness (QED) is 0.390. The molecule has 28 heavy (non-hydrogen) atoms. The minimum atomic E-state index is 0.215. The van der Waals surface area contributed by atoms with Crippen LogP contribution in [0.15, 0.2) is 12.3 Å². The van der Waals surface area contributed by atoms with Gasteiger partial charge in [0.25, 0.3) is 0 Å². The number of unbranched alkanes of at least 4 members (excludes halogenated alkanes) is 6. The number of hydrogen-bond donors (Lipinski definition) is 1. The van der Waals surface area contributed by atoms with Gasteiger partial charge in [0, 0.05) is 27.7 Å². The van der Waals surface area contributed by atoms with E-state index in [4.69, 9.17) is 0 Å². The van der Waals surface area contributed by atoms with Crippen LogP contribution in [-0.2, 0) is 0 Å². The smallest absolute Gasteiger partial charge is 0.0379 e. The van der Waals surface area contributed by atoms with Crippen LogP contribution in [0, 0.1) is 5.41 Å². The predicted molar refractivity (Wildman–Crippen MR) is 125 cm³/mol. The lowest BCUT2D eigenvalue weighted by Crippen LogP contribution is -2.61. The van der Waals surface area contributed by atoms with Gasteiger partial charge in [0.1, 0.15) is 0 Å². The molecule has 0 atom stereocenters. The Morgan fingerprint density at radius 1 is 0.786 bits per heavy atom. The second-order valence-electron chi connectivity index (χ2n) is 11.5. The normalized spacial score (nSPS) is 25.2. The Balaban J connectivity index is 2.20. The lowest BCUT2D eigenvalue weighted by molar-refractivity contribution is -0.0595. The summed E-state index contributed by atoms with van der Waals surface area (Å²) in [6.07, 6.45) is 17.3. The third-order valence-corrected chi connectivity index (χ3v) is 8.11. The van der Waals surface area contributed by atoms with Crippen LogP contribution in [0.1, 0.15) is 125 Å². The number of likely N-dealkylation sites (tertiary alicyclic amines) is 1. The summed E-state index contributed by atoms with van der Waals surface area (Å²) in [6, 6.07) is 0. The van der Waals surface area contributed by atoms with Crippen LogP contribution in [0.2, 0.25) is 0 Å². The average molecular weight is 391 g/mol. The second-order valence-corrected chi connectivity index (χ2v) is 11.5. The van der Waals surface area contributed by atoms with Gasteiger partial charge in [0.2, 0.25) is 0 Å². The van der Waals surface area contributed by atoms with Gasteiger partial charge >= 0.3 is 0 Å². The van der Waals surface area contributed by atoms with E-state index in [9.17, 15) is 0 Å². The van der Waals surface area contributed by atoms with E-state index in [0.717, 1.165) is 0 Å². The van der Waals surface area contributed by atoms with E-state index in [0.29, 0.717) is 5.54 Å². The molecule has 2 saturated heterocycles. The van der Waals surface area contributed by atoms with Crippen LogP contribution >= 0.6 is 0 Å². The lowest BCUT2D eigenvalue weighted by atomic mass is 9.60. The first-order valence-corrected chi connectivity index (χ1v) is 12.2. The summed E-state index contributed by atoms with van der Waals surface area (Å²) in [5.74, 6) is 0. The maximum absolute atomic E-state index is 4.64. The molecule has 0 aromatic carbocycles. The zero-order chi connectivity index (χ0) is 21.1. The Bertz CT molecular complexity index is 487. The Morgan fingerprint density at radius 2 is 1.25 bits per heavy atom. The van der Waals surface area contributed by atoms with Crippen molar-refractivity contribution >= 4 is 0 Å². The Labute approximate surface area is 176 Å². The third kappa shape index (κ3) is 5.15. The summed E-state index contributed by atoms with van der Waals surface area (Å²) >= 11 is 0. The zero-order valence-electron chi connectivity index (χ0n) is 20.3. The van der Waals surface area contributed by atoms with E-state index in [1.807, 2.05) is 0 Å². The van der Waals surface area contributed by atoms with Crippen LogP contribution in [0.3, 0.4) is 0 Å². The Kier molecular flexibility index (Phi) is 7.73. The van der Waals surface area contributed by atoms with Crippen molar-refractivity contribution in [3.63, 3.8) is 0 Å². The molecule has 164 valence electrons. The number of nitrogens with one attached hydrogen (secondary N) is 1. The van der Waals surface area contributed by atoms with Gasteiger partial charge in [-0.25, -0.2) is 0 Å². The van der Waals surface area contributed by atoms with Crippen LogP contribution < -0.4 is 5.32 Å². The monoisotopic (exact) mass is 390 g/mol. The molecule has 0 saturated carbocycles. The molecule has 2 nitrogen and oxygen atoms in total. The van der Waals surface area contributed by atoms with Gasteiger partial charge in [0.15, 0.2) is 0 Å². The summed E-state index contributed by atoms with van der Waals surface area (Å²) in [5.41, 5.74) is 2.34. The fourth-order valence-electron chi connectivity index (χ4n) is 6.57. The highest BCUT2D eigenvalue weighted by molar-refractivity contribution is 5.26. The minimum absolute atomic E-state index is 0.215. The molecule has 0 aromatic rings. The number of rotatable bonds is 10. The number of allylic oxidation sites excluding steroid dienone is 1. The highest BCUT2D eigenvalue weighted by atomic mass is 15.2. The van der Waals surface area contributed by atoms with Crippen molar-refractivity contribution in [1.82, 2.24) is 10.2 Å². The van der Waals surface area contributed by atoms with E-state index in [1.165, 1.54) is 89.2 Å². The molecule has 2 fully saturated rings. The molecule has 0 amide bonds. The fraction of sp³-hybridized carbons (Fsp3) is 0.923. The number of nitrogens with zero attached hydrogens (tertiary/aromatic N) is 1. The number of hydrogen-bond acceptors (Lipinski definition) is 2. The molecule has 2 aliphatic rings. The first kappa shape index (κ1) is 23.8. The minimum Gasteiger partial charge on any atom is -0.383 e. The fourth-order valence-corrected chi connectivity index (χ4v) is 6.57. The Morgan fingerprint density at radius 3 is 1.68 bits per heavy atom. The second kappa shape index (κ2) is 9.11. The Hall–Kier alpha value is -0.500. The predicted octanol–water partition coefficient (Wildman–Crippen LogP) is 7.44. The van der Waals surface area contributed by atoms with E-state index < -0.39 is 0 Å². The molecular formula is C26H50N2. The summed E-state index contributed by atoms with van der Waals surface area (Å²) in [4.78, 5) is 2.61. The van der Waals surface area contributed by atoms with Crippen molar-refractivity contribution in [3.8, 4) is 0 Å². The maximum atomic E-state index is 4.64. The molecule has 2 heteroatoms. The molecule has 0 radical (unpaired) electrons. The van der Waals surface area contributed by atoms with Crippen LogP contribution in [0.5, 0.6) is 0 Å². The molecule has 0 aliphatic carbocycles. The summed E-state index contributed by atoms with van der Waals surface area (Å²) in [5, 5.41) is 4.06. The molecule has 0 unspecified atom stereocenters. The topological polar surface area (TPSA) is 15.3 Å². The molecule has 2 aliphatic heterocycles. The highest BCUT2D eigenvalue weighted by Crippen LogP contribution is 2.58. The summed E-state index contributed by atoms with van der Waals surface area (Å²) in [6.45, 7) is 19.0. The van der Waals surface area contributed by atoms with Gasteiger partial charge in [-0.1, -0.05) is 71.8 Å². The first-order chi connectivity index (χ1) is 13.0. The SMILES string of the molecule is C=C1NC(CCCCCC)(CCCCCC)CC12CC(C)(C)N(C)C(C)(C)C2. The van der Waals surface area contributed by atoms with Gasteiger partial charge in [-0.05, 0) is 66.8 Å². The largest absolute Gasteiger partial charge is 0.383 e. The van der Waals surface area contributed by atoms with Crippen LogP contribution in [0.25, 0.3) is 0 Å². The van der Waals surface area contributed by atoms with E-state index in [2.05, 4.69) is 65.4 Å². The lowest BCUT2D eigenvalue weighted by Gasteiger charge is -2.58. The van der Waals surface area contributed by atoms with Crippen molar-refractivity contribution in [1.29, 1.82) is 0 Å². The van der Waals surface area contributed by atoms with Crippen LogP contribution in [-0.4, -0.2) is 28.6 Å². The van der Waals surface area contributed by atoms with Crippen molar-refractivity contribution in [3.05, 3.63) is 12.3 Å². The van der Waals surface area contributed by atoms with Gasteiger partial charge in [-0.3, -0.25) is 4.90 Å². The molecular weight excluding hydrogens is 340 g/mol. The van der Waals surface area contributed by atoms with E-state index in [-0.39, 0.29) is 16.5 Å². The van der Waals surface area contributed by atoms with E-state index >= 15 is 0 Å². The van der Waals surface area contributed by atoms with Gasteiger partial charge in [-0.2, -0.15) is 0 Å². The van der Waals surface area contributed by atoms with Gasteiger partial charge in [-0.15, -0.1) is 0 Å². The standard InChI is InChI=1S/C26H50N2/c1-9-11-13-15-17-26(18-16-14-12-10-2)21-25(22(3)27-26)19-23(4,5)28(8)24(6,7)20-25/h27H,3,9-21H2,1-2,4-8H3. The third-order valence-electron chi connectivity index (χ3n) is 8.11. The molecule has 0 bridgehead atoms. The van der Waals surface area contributed by atoms with Crippen molar-refractivity contribution < 1.29 is 0 Å². The van der Waals surface area contributed by atoms with E-state index in [1.54, 1.807) is 0 Å². The summed E-state index contributed by atoms with van der Waals surface area (Å²) in [7, 11) is 2.32. The zero-order valence-corrected chi connectivity index (χ0v) is 20.3. The maximum Gasteiger partial charge on any atom is 0.0379 e. The van der Waals surface area contributed by atoms with Crippen LogP contribution in [0.4, 0.5) is 0 Å². The highest BCUT2D eigenvalue weighted by Gasteiger charge is 2.58. The van der Waals surface area contributed by atoms with Crippen molar-refractivity contribution in [2.45, 2.75) is 142 Å². The summed E-state index contributed by atoms with van der Waals surface area (Å²) < 4.78 is 0. The molecule has 1 N–H and O–H groups in total. The van der Waals surface area contributed by atoms with Crippen molar-refractivity contribution in [2.24, 2.45) is 5.41 Å².